The summed E-state index contributed by atoms with van der Waals surface area (Å²) in [5.74, 6) is 0.587. The van der Waals surface area contributed by atoms with Crippen molar-refractivity contribution in [1.29, 1.82) is 0 Å². The number of halogens is 1. The summed E-state index contributed by atoms with van der Waals surface area (Å²) in [7, 11) is -0.0422. The lowest BCUT2D eigenvalue weighted by molar-refractivity contribution is 0.596. The first kappa shape index (κ1) is 13.8. The van der Waals surface area contributed by atoms with Crippen molar-refractivity contribution in [3.05, 3.63) is 35.6 Å². The molecule has 1 fully saturated rings. The minimum absolute atomic E-state index is 0.0422. The molecule has 0 nitrogen and oxygen atoms in total. The standard InChI is InChI=1S/C16H24FSi/c1-2-3-4-11-18-12-9-15(10-13-18)14-5-7-16(17)8-6-14/h5-8,15H,2-4,9-13H2,1H3. The Kier molecular flexibility index (Phi) is 5.42. The second-order valence-electron chi connectivity index (χ2n) is 5.53. The first-order valence-corrected chi connectivity index (χ1v) is 9.50. The van der Waals surface area contributed by atoms with E-state index in [1.165, 1.54) is 55.8 Å². The van der Waals surface area contributed by atoms with Gasteiger partial charge in [0.05, 0.1) is 0 Å². The largest absolute Gasteiger partial charge is 0.207 e. The van der Waals surface area contributed by atoms with Crippen LogP contribution in [-0.2, 0) is 0 Å². The van der Waals surface area contributed by atoms with Crippen LogP contribution in [0.2, 0.25) is 18.1 Å². The van der Waals surface area contributed by atoms with Crippen molar-refractivity contribution >= 4 is 8.80 Å². The van der Waals surface area contributed by atoms with Gasteiger partial charge in [-0.05, 0) is 36.5 Å². The van der Waals surface area contributed by atoms with E-state index in [0.717, 1.165) is 0 Å². The van der Waals surface area contributed by atoms with Crippen LogP contribution in [0, 0.1) is 5.82 Å². The topological polar surface area (TPSA) is 0 Å². The maximum Gasteiger partial charge on any atom is 0.123 e. The zero-order valence-corrected chi connectivity index (χ0v) is 12.4. The molecule has 99 valence electrons. The summed E-state index contributed by atoms with van der Waals surface area (Å²) in [5, 5.41) is 0. The lowest BCUT2D eigenvalue weighted by Crippen LogP contribution is -2.20. The molecule has 2 rings (SSSR count). The van der Waals surface area contributed by atoms with Gasteiger partial charge in [0.1, 0.15) is 5.82 Å². The van der Waals surface area contributed by atoms with Gasteiger partial charge in [-0.1, -0.05) is 56.5 Å². The van der Waals surface area contributed by atoms with E-state index >= 15 is 0 Å². The molecule has 1 aromatic carbocycles. The second kappa shape index (κ2) is 7.08. The molecule has 0 bridgehead atoms. The highest BCUT2D eigenvalue weighted by atomic mass is 28.3. The van der Waals surface area contributed by atoms with E-state index in [-0.39, 0.29) is 14.6 Å². The van der Waals surface area contributed by atoms with Gasteiger partial charge in [-0.25, -0.2) is 4.39 Å². The molecular weight excluding hydrogens is 239 g/mol. The van der Waals surface area contributed by atoms with Gasteiger partial charge in [0, 0.05) is 8.80 Å². The van der Waals surface area contributed by atoms with E-state index in [4.69, 9.17) is 0 Å². The van der Waals surface area contributed by atoms with Gasteiger partial charge < -0.3 is 0 Å². The summed E-state index contributed by atoms with van der Waals surface area (Å²) in [5.41, 5.74) is 1.35. The van der Waals surface area contributed by atoms with Crippen molar-refractivity contribution in [1.82, 2.24) is 0 Å². The van der Waals surface area contributed by atoms with Crippen molar-refractivity contribution in [3.8, 4) is 0 Å². The molecule has 2 heteroatoms. The van der Waals surface area contributed by atoms with Crippen molar-refractivity contribution < 1.29 is 4.39 Å². The molecule has 0 aromatic heterocycles. The molecule has 1 aliphatic heterocycles. The van der Waals surface area contributed by atoms with Crippen LogP contribution >= 0.6 is 0 Å². The summed E-state index contributed by atoms with van der Waals surface area (Å²) in [6.45, 7) is 2.28. The lowest BCUT2D eigenvalue weighted by atomic mass is 9.93. The van der Waals surface area contributed by atoms with Crippen LogP contribution in [0.4, 0.5) is 4.39 Å². The minimum Gasteiger partial charge on any atom is -0.207 e. The van der Waals surface area contributed by atoms with Gasteiger partial charge in [0.15, 0.2) is 0 Å². The Hall–Kier alpha value is -0.633. The van der Waals surface area contributed by atoms with Gasteiger partial charge in [-0.2, -0.15) is 0 Å². The molecule has 0 N–H and O–H groups in total. The average molecular weight is 263 g/mol. The molecule has 0 spiro atoms. The molecule has 1 radical (unpaired) electrons. The summed E-state index contributed by atoms with van der Waals surface area (Å²) in [4.78, 5) is 0. The Morgan fingerprint density at radius 3 is 2.39 bits per heavy atom. The number of unbranched alkanes of at least 4 members (excludes halogenated alkanes) is 2. The third-order valence-electron chi connectivity index (χ3n) is 4.17. The van der Waals surface area contributed by atoms with Gasteiger partial charge in [-0.3, -0.25) is 0 Å². The number of hydrogen-bond acceptors (Lipinski definition) is 0. The van der Waals surface area contributed by atoms with Crippen molar-refractivity contribution in [2.45, 2.75) is 63.1 Å². The molecule has 0 aliphatic carbocycles. The number of rotatable bonds is 5. The average Bonchev–Trinajstić information content (AvgIpc) is 2.41. The molecule has 1 aliphatic rings. The van der Waals surface area contributed by atoms with E-state index in [0.29, 0.717) is 5.92 Å². The van der Waals surface area contributed by atoms with Gasteiger partial charge in [0.2, 0.25) is 0 Å². The molecular formula is C16H24FSi. The van der Waals surface area contributed by atoms with E-state index in [1.54, 1.807) is 12.1 Å². The summed E-state index contributed by atoms with van der Waals surface area (Å²) >= 11 is 0. The van der Waals surface area contributed by atoms with Crippen molar-refractivity contribution in [3.63, 3.8) is 0 Å². The smallest absolute Gasteiger partial charge is 0.123 e. The summed E-state index contributed by atoms with van der Waals surface area (Å²) < 4.78 is 12.9. The molecule has 1 saturated heterocycles. The van der Waals surface area contributed by atoms with Crippen LogP contribution in [0.3, 0.4) is 0 Å². The zero-order valence-electron chi connectivity index (χ0n) is 11.4. The second-order valence-corrected chi connectivity index (χ2v) is 8.53. The molecule has 0 saturated carbocycles. The van der Waals surface area contributed by atoms with E-state index < -0.39 is 0 Å². The molecule has 0 amide bonds. The maximum absolute atomic E-state index is 12.9. The van der Waals surface area contributed by atoms with E-state index in [2.05, 4.69) is 6.92 Å². The minimum atomic E-state index is -0.112. The van der Waals surface area contributed by atoms with Crippen LogP contribution in [0.25, 0.3) is 0 Å². The van der Waals surface area contributed by atoms with E-state index in [1.807, 2.05) is 12.1 Å². The van der Waals surface area contributed by atoms with Crippen molar-refractivity contribution in [2.24, 2.45) is 0 Å². The lowest BCUT2D eigenvalue weighted by Gasteiger charge is -2.27. The van der Waals surface area contributed by atoms with Crippen LogP contribution in [0.5, 0.6) is 0 Å². The predicted octanol–water partition coefficient (Wildman–Crippen LogP) is 5.39. The van der Waals surface area contributed by atoms with Gasteiger partial charge in [-0.15, -0.1) is 0 Å². The zero-order chi connectivity index (χ0) is 12.8. The third-order valence-corrected chi connectivity index (χ3v) is 7.22. The summed E-state index contributed by atoms with van der Waals surface area (Å²) in [6.07, 6.45) is 6.88. The van der Waals surface area contributed by atoms with Gasteiger partial charge in [0.25, 0.3) is 0 Å². The molecule has 1 heterocycles. The highest BCUT2D eigenvalue weighted by Gasteiger charge is 2.22. The van der Waals surface area contributed by atoms with E-state index in [9.17, 15) is 4.39 Å². The van der Waals surface area contributed by atoms with Crippen LogP contribution in [-0.4, -0.2) is 8.80 Å². The fourth-order valence-electron chi connectivity index (χ4n) is 2.97. The first-order chi connectivity index (χ1) is 8.79. The predicted molar refractivity (Wildman–Crippen MR) is 78.1 cm³/mol. The SMILES string of the molecule is CCCCC[Si]1CCC(c2ccc(F)cc2)CC1. The Bertz CT molecular complexity index is 339. The third kappa shape index (κ3) is 3.94. The van der Waals surface area contributed by atoms with Crippen LogP contribution < -0.4 is 0 Å². The molecule has 18 heavy (non-hydrogen) atoms. The molecule has 0 atom stereocenters. The Labute approximate surface area is 112 Å². The van der Waals surface area contributed by atoms with Crippen molar-refractivity contribution in [2.75, 3.05) is 0 Å². The molecule has 0 unspecified atom stereocenters. The summed E-state index contributed by atoms with van der Waals surface area (Å²) in [6, 6.07) is 11.6. The molecule has 1 aromatic rings. The Balaban J connectivity index is 1.77. The normalized spacial score (nSPS) is 18.1. The fraction of sp³-hybridized carbons (Fsp3) is 0.625. The maximum atomic E-state index is 12.9. The number of benzene rings is 1. The van der Waals surface area contributed by atoms with Crippen LogP contribution in [0.1, 0.15) is 50.5 Å². The monoisotopic (exact) mass is 263 g/mol. The Morgan fingerprint density at radius 1 is 1.11 bits per heavy atom. The van der Waals surface area contributed by atoms with Crippen LogP contribution in [0.15, 0.2) is 24.3 Å². The number of hydrogen-bond donors (Lipinski definition) is 0. The quantitative estimate of drug-likeness (QED) is 0.493. The fourth-order valence-corrected chi connectivity index (χ4v) is 5.98. The first-order valence-electron chi connectivity index (χ1n) is 7.38. The highest BCUT2D eigenvalue weighted by molar-refractivity contribution is 6.59. The highest BCUT2D eigenvalue weighted by Crippen LogP contribution is 2.35. The Morgan fingerprint density at radius 2 is 1.78 bits per heavy atom. The van der Waals surface area contributed by atoms with Gasteiger partial charge >= 0.3 is 0 Å².